The first-order valence-electron chi connectivity index (χ1n) is 3.78. The van der Waals surface area contributed by atoms with E-state index < -0.39 is 18.5 Å². The van der Waals surface area contributed by atoms with E-state index in [-0.39, 0.29) is 19.6 Å². The van der Waals surface area contributed by atoms with E-state index in [2.05, 4.69) is 10.1 Å². The van der Waals surface area contributed by atoms with Gasteiger partial charge in [-0.2, -0.15) is 13.2 Å². The molecule has 0 aliphatic carbocycles. The molecule has 3 nitrogen and oxygen atoms in total. The first kappa shape index (κ1) is 12.2. The van der Waals surface area contributed by atoms with Crippen LogP contribution in [0.2, 0.25) is 0 Å². The van der Waals surface area contributed by atoms with Crippen molar-refractivity contribution < 1.29 is 22.7 Å². The van der Waals surface area contributed by atoms with Gasteiger partial charge in [0.15, 0.2) is 0 Å². The molecule has 78 valence electrons. The van der Waals surface area contributed by atoms with Gasteiger partial charge in [-0.25, -0.2) is 0 Å². The Bertz CT molecular complexity index is 158. The number of alkyl halides is 3. The van der Waals surface area contributed by atoms with E-state index in [1.54, 1.807) is 0 Å². The fourth-order valence-electron chi connectivity index (χ4n) is 0.699. The molecular weight excluding hydrogens is 187 g/mol. The summed E-state index contributed by atoms with van der Waals surface area (Å²) in [4.78, 5) is 10.7. The van der Waals surface area contributed by atoms with Gasteiger partial charge in [-0.05, 0) is 6.42 Å². The van der Waals surface area contributed by atoms with E-state index in [1.165, 1.54) is 7.11 Å². The maximum atomic E-state index is 11.6. The van der Waals surface area contributed by atoms with Gasteiger partial charge in [0.25, 0.3) is 0 Å². The SMILES string of the molecule is COCC(=O)NCCCC(F)(F)F. The van der Waals surface area contributed by atoms with Gasteiger partial charge in [0, 0.05) is 20.1 Å². The molecule has 0 saturated carbocycles. The molecule has 0 aromatic heterocycles. The highest BCUT2D eigenvalue weighted by Gasteiger charge is 2.25. The van der Waals surface area contributed by atoms with E-state index in [9.17, 15) is 18.0 Å². The molecule has 0 fully saturated rings. The molecule has 0 bridgehead atoms. The summed E-state index contributed by atoms with van der Waals surface area (Å²) in [5, 5.41) is 2.29. The standard InChI is InChI=1S/C7H12F3NO2/c1-13-5-6(12)11-4-2-3-7(8,9)10/h2-5H2,1H3,(H,11,12). The minimum atomic E-state index is -4.15. The number of halogens is 3. The molecule has 1 N–H and O–H groups in total. The Hall–Kier alpha value is -0.780. The highest BCUT2D eigenvalue weighted by atomic mass is 19.4. The number of methoxy groups -OCH3 is 1. The van der Waals surface area contributed by atoms with E-state index in [1.807, 2.05) is 0 Å². The highest BCUT2D eigenvalue weighted by molar-refractivity contribution is 5.77. The largest absolute Gasteiger partial charge is 0.389 e. The molecule has 0 aromatic carbocycles. The number of hydrogen-bond donors (Lipinski definition) is 1. The fourth-order valence-corrected chi connectivity index (χ4v) is 0.699. The summed E-state index contributed by atoms with van der Waals surface area (Å²) >= 11 is 0. The van der Waals surface area contributed by atoms with Crippen LogP contribution in [0.1, 0.15) is 12.8 Å². The van der Waals surface area contributed by atoms with Crippen LogP contribution in [0.15, 0.2) is 0 Å². The Kier molecular flexibility index (Phi) is 5.45. The highest BCUT2D eigenvalue weighted by Crippen LogP contribution is 2.20. The first-order valence-corrected chi connectivity index (χ1v) is 3.78. The molecule has 0 unspecified atom stereocenters. The van der Waals surface area contributed by atoms with Crippen molar-refractivity contribution in [2.24, 2.45) is 0 Å². The number of rotatable bonds is 5. The zero-order valence-electron chi connectivity index (χ0n) is 7.28. The number of ether oxygens (including phenoxy) is 1. The smallest absolute Gasteiger partial charge is 0.375 e. The average Bonchev–Trinajstić information content (AvgIpc) is 1.97. The Morgan fingerprint density at radius 2 is 2.08 bits per heavy atom. The Balaban J connectivity index is 3.31. The molecule has 0 spiro atoms. The van der Waals surface area contributed by atoms with Crippen molar-refractivity contribution in [2.45, 2.75) is 19.0 Å². The number of carbonyl (C=O) groups excluding carboxylic acids is 1. The minimum Gasteiger partial charge on any atom is -0.375 e. The normalized spacial score (nSPS) is 11.4. The average molecular weight is 199 g/mol. The van der Waals surface area contributed by atoms with Crippen molar-refractivity contribution in [2.75, 3.05) is 20.3 Å². The predicted octanol–water partition coefficient (Wildman–Crippen LogP) is 1.09. The molecule has 6 heteroatoms. The lowest BCUT2D eigenvalue weighted by atomic mass is 10.3. The van der Waals surface area contributed by atoms with Crippen molar-refractivity contribution in [3.63, 3.8) is 0 Å². The zero-order valence-corrected chi connectivity index (χ0v) is 7.28. The second kappa shape index (κ2) is 5.80. The number of hydrogen-bond acceptors (Lipinski definition) is 2. The van der Waals surface area contributed by atoms with Gasteiger partial charge in [-0.15, -0.1) is 0 Å². The summed E-state index contributed by atoms with van der Waals surface area (Å²) in [5.41, 5.74) is 0. The quantitative estimate of drug-likeness (QED) is 0.673. The zero-order chi connectivity index (χ0) is 10.3. The van der Waals surface area contributed by atoms with Crippen LogP contribution in [0.3, 0.4) is 0 Å². The summed E-state index contributed by atoms with van der Waals surface area (Å²) in [7, 11) is 1.34. The maximum Gasteiger partial charge on any atom is 0.389 e. The van der Waals surface area contributed by atoms with E-state index in [0.717, 1.165) is 0 Å². The summed E-state index contributed by atoms with van der Waals surface area (Å²) in [6.45, 7) is -0.0896. The van der Waals surface area contributed by atoms with Crippen LogP contribution in [0, 0.1) is 0 Å². The van der Waals surface area contributed by atoms with E-state index in [4.69, 9.17) is 0 Å². The molecule has 0 atom stereocenters. The predicted molar refractivity (Wildman–Crippen MR) is 40.2 cm³/mol. The van der Waals surface area contributed by atoms with Gasteiger partial charge < -0.3 is 10.1 Å². The van der Waals surface area contributed by atoms with E-state index >= 15 is 0 Å². The molecule has 0 heterocycles. The van der Waals surface area contributed by atoms with Crippen molar-refractivity contribution in [3.05, 3.63) is 0 Å². The molecule has 0 saturated heterocycles. The Morgan fingerprint density at radius 1 is 1.46 bits per heavy atom. The van der Waals surface area contributed by atoms with Gasteiger partial charge in [0.05, 0.1) is 0 Å². The fraction of sp³-hybridized carbons (Fsp3) is 0.857. The Morgan fingerprint density at radius 3 is 2.54 bits per heavy atom. The lowest BCUT2D eigenvalue weighted by Gasteiger charge is -2.06. The van der Waals surface area contributed by atoms with Crippen LogP contribution in [0.25, 0.3) is 0 Å². The molecule has 0 radical (unpaired) electrons. The third-order valence-corrected chi connectivity index (χ3v) is 1.23. The monoisotopic (exact) mass is 199 g/mol. The summed E-state index contributed by atoms with van der Waals surface area (Å²) in [5.74, 6) is -0.398. The summed E-state index contributed by atoms with van der Waals surface area (Å²) in [6, 6.07) is 0. The van der Waals surface area contributed by atoms with Crippen molar-refractivity contribution >= 4 is 5.91 Å². The summed E-state index contributed by atoms with van der Waals surface area (Å²) < 4.78 is 39.2. The van der Waals surface area contributed by atoms with Crippen molar-refractivity contribution in [1.29, 1.82) is 0 Å². The van der Waals surface area contributed by atoms with Gasteiger partial charge in [0.2, 0.25) is 5.91 Å². The van der Waals surface area contributed by atoms with Crippen molar-refractivity contribution in [1.82, 2.24) is 5.32 Å². The minimum absolute atomic E-state index is 0.0295. The molecule has 1 amide bonds. The number of carbonyl (C=O) groups is 1. The number of amides is 1. The molecule has 13 heavy (non-hydrogen) atoms. The molecule has 0 aliphatic rings. The van der Waals surface area contributed by atoms with Gasteiger partial charge in [-0.1, -0.05) is 0 Å². The van der Waals surface area contributed by atoms with Gasteiger partial charge in [-0.3, -0.25) is 4.79 Å². The van der Waals surface area contributed by atoms with Crippen LogP contribution in [-0.4, -0.2) is 32.3 Å². The first-order chi connectivity index (χ1) is 5.95. The Labute approximate surface area is 74.3 Å². The van der Waals surface area contributed by atoms with Crippen LogP contribution < -0.4 is 5.32 Å². The molecule has 0 aromatic rings. The third-order valence-electron chi connectivity index (χ3n) is 1.23. The van der Waals surface area contributed by atoms with Crippen molar-refractivity contribution in [3.8, 4) is 0 Å². The third kappa shape index (κ3) is 9.13. The topological polar surface area (TPSA) is 38.3 Å². The van der Waals surface area contributed by atoms with Crippen LogP contribution in [0.4, 0.5) is 13.2 Å². The lowest BCUT2D eigenvalue weighted by Crippen LogP contribution is -2.28. The molecule has 0 aliphatic heterocycles. The molecular formula is C7H12F3NO2. The number of nitrogens with one attached hydrogen (secondary N) is 1. The van der Waals surface area contributed by atoms with E-state index in [0.29, 0.717) is 0 Å². The van der Waals surface area contributed by atoms with Gasteiger partial charge in [0.1, 0.15) is 6.61 Å². The summed E-state index contributed by atoms with van der Waals surface area (Å²) in [6.07, 6.45) is -5.12. The second-order valence-corrected chi connectivity index (χ2v) is 2.50. The molecule has 0 rings (SSSR count). The van der Waals surface area contributed by atoms with Crippen LogP contribution in [0.5, 0.6) is 0 Å². The maximum absolute atomic E-state index is 11.6. The van der Waals surface area contributed by atoms with Crippen LogP contribution in [-0.2, 0) is 9.53 Å². The second-order valence-electron chi connectivity index (χ2n) is 2.50. The van der Waals surface area contributed by atoms with Gasteiger partial charge >= 0.3 is 6.18 Å². The van der Waals surface area contributed by atoms with Crippen LogP contribution >= 0.6 is 0 Å². The lowest BCUT2D eigenvalue weighted by molar-refractivity contribution is -0.136.